The SMILES string of the molecule is CCC(=O)[C@H](C)[C@H]1OC(C)(C)O[C@]1(C)[C@@H](CC)O[Si](C)(C)C(C)(C)C. The van der Waals surface area contributed by atoms with Crippen LogP contribution < -0.4 is 0 Å². The van der Waals surface area contributed by atoms with Gasteiger partial charge in [0.25, 0.3) is 0 Å². The van der Waals surface area contributed by atoms with E-state index in [4.69, 9.17) is 13.9 Å². The summed E-state index contributed by atoms with van der Waals surface area (Å²) >= 11 is 0. The van der Waals surface area contributed by atoms with Crippen molar-refractivity contribution in [1.82, 2.24) is 0 Å². The zero-order valence-electron chi connectivity index (χ0n) is 18.3. The van der Waals surface area contributed by atoms with Gasteiger partial charge in [-0.15, -0.1) is 0 Å². The van der Waals surface area contributed by atoms with Crippen molar-refractivity contribution < 1.29 is 18.7 Å². The van der Waals surface area contributed by atoms with Crippen LogP contribution in [0.5, 0.6) is 0 Å². The third-order valence-electron chi connectivity index (χ3n) is 6.01. The van der Waals surface area contributed by atoms with Gasteiger partial charge in [0.1, 0.15) is 17.5 Å². The Morgan fingerprint density at radius 2 is 1.72 bits per heavy atom. The maximum Gasteiger partial charge on any atom is 0.192 e. The van der Waals surface area contributed by atoms with Gasteiger partial charge in [-0.05, 0) is 45.3 Å². The van der Waals surface area contributed by atoms with Gasteiger partial charge < -0.3 is 13.9 Å². The molecule has 0 radical (unpaired) electrons. The summed E-state index contributed by atoms with van der Waals surface area (Å²) < 4.78 is 19.4. The lowest BCUT2D eigenvalue weighted by molar-refractivity contribution is -0.177. The summed E-state index contributed by atoms with van der Waals surface area (Å²) in [4.78, 5) is 12.4. The predicted molar refractivity (Wildman–Crippen MR) is 105 cm³/mol. The van der Waals surface area contributed by atoms with Crippen molar-refractivity contribution in [2.24, 2.45) is 5.92 Å². The first-order valence-electron chi connectivity index (χ1n) is 9.69. The molecule has 0 saturated carbocycles. The smallest absolute Gasteiger partial charge is 0.192 e. The van der Waals surface area contributed by atoms with Crippen LogP contribution in [0, 0.1) is 5.92 Å². The molecule has 1 aliphatic rings. The Balaban J connectivity index is 3.23. The van der Waals surface area contributed by atoms with Crippen molar-refractivity contribution in [3.05, 3.63) is 0 Å². The van der Waals surface area contributed by atoms with E-state index < -0.39 is 19.7 Å². The third-order valence-corrected chi connectivity index (χ3v) is 10.5. The van der Waals surface area contributed by atoms with Crippen LogP contribution in [0.15, 0.2) is 0 Å². The molecule has 0 bridgehead atoms. The van der Waals surface area contributed by atoms with Gasteiger partial charge in [-0.3, -0.25) is 4.79 Å². The molecule has 4 atom stereocenters. The van der Waals surface area contributed by atoms with Gasteiger partial charge in [0.05, 0.1) is 6.10 Å². The van der Waals surface area contributed by atoms with E-state index in [0.29, 0.717) is 6.42 Å². The largest absolute Gasteiger partial charge is 0.411 e. The first-order valence-corrected chi connectivity index (χ1v) is 12.6. The summed E-state index contributed by atoms with van der Waals surface area (Å²) in [5, 5.41) is 0.117. The molecular weight excluding hydrogens is 332 g/mol. The molecule has 148 valence electrons. The van der Waals surface area contributed by atoms with E-state index in [-0.39, 0.29) is 28.9 Å². The monoisotopic (exact) mass is 372 g/mol. The number of carbonyl (C=O) groups excluding carboxylic acids is 1. The summed E-state index contributed by atoms with van der Waals surface area (Å²) in [6.07, 6.45) is 0.931. The van der Waals surface area contributed by atoms with E-state index in [1.54, 1.807) is 0 Å². The molecule has 1 saturated heterocycles. The lowest BCUT2D eigenvalue weighted by Gasteiger charge is -2.45. The average molecular weight is 373 g/mol. The Morgan fingerprint density at radius 3 is 2.12 bits per heavy atom. The summed E-state index contributed by atoms with van der Waals surface area (Å²) in [6.45, 7) is 23.1. The molecule has 4 nitrogen and oxygen atoms in total. The van der Waals surface area contributed by atoms with Crippen molar-refractivity contribution in [2.75, 3.05) is 0 Å². The Morgan fingerprint density at radius 1 is 1.20 bits per heavy atom. The van der Waals surface area contributed by atoms with Crippen molar-refractivity contribution in [3.8, 4) is 0 Å². The fourth-order valence-corrected chi connectivity index (χ4v) is 4.98. The Labute approximate surface area is 156 Å². The highest BCUT2D eigenvalue weighted by Crippen LogP contribution is 2.46. The second-order valence-electron chi connectivity index (χ2n) is 9.61. The van der Waals surface area contributed by atoms with Crippen molar-refractivity contribution >= 4 is 14.1 Å². The quantitative estimate of drug-likeness (QED) is 0.568. The number of hydrogen-bond acceptors (Lipinski definition) is 4. The van der Waals surface area contributed by atoms with Crippen LogP contribution in [0.3, 0.4) is 0 Å². The number of hydrogen-bond donors (Lipinski definition) is 0. The minimum absolute atomic E-state index is 0.104. The fraction of sp³-hybridized carbons (Fsp3) is 0.950. The predicted octanol–water partition coefficient (Wildman–Crippen LogP) is 5.31. The normalized spacial score (nSPS) is 29.5. The standard InChI is InChI=1S/C20H40O4Si/c1-12-15(21)14(3)17-20(9,24-19(7,8)22-17)16(13-2)23-25(10,11)18(4,5)6/h14,16-17H,12-13H2,1-11H3/t14-,16+,17+,20+/m0/s1. The van der Waals surface area contributed by atoms with E-state index in [2.05, 4.69) is 47.7 Å². The van der Waals surface area contributed by atoms with Crippen molar-refractivity contribution in [1.29, 1.82) is 0 Å². The molecule has 0 aliphatic carbocycles. The molecular formula is C20H40O4Si. The van der Waals surface area contributed by atoms with Gasteiger partial charge in [-0.2, -0.15) is 0 Å². The first kappa shape index (κ1) is 22.8. The Bertz CT molecular complexity index is 481. The molecule has 1 fully saturated rings. The van der Waals surface area contributed by atoms with Crippen molar-refractivity contribution in [2.45, 2.75) is 117 Å². The molecule has 0 amide bonds. The van der Waals surface area contributed by atoms with Gasteiger partial charge in [0.2, 0.25) is 0 Å². The van der Waals surface area contributed by atoms with Gasteiger partial charge in [0, 0.05) is 12.3 Å². The molecule has 25 heavy (non-hydrogen) atoms. The van der Waals surface area contributed by atoms with E-state index in [9.17, 15) is 4.79 Å². The molecule has 1 aliphatic heterocycles. The van der Waals surface area contributed by atoms with Crippen LogP contribution in [-0.2, 0) is 18.7 Å². The molecule has 0 aromatic heterocycles. The molecule has 1 rings (SSSR count). The first-order chi connectivity index (χ1) is 11.1. The highest BCUT2D eigenvalue weighted by atomic mass is 28.4. The number of carbonyl (C=O) groups is 1. The lowest BCUT2D eigenvalue weighted by Crippen LogP contribution is -2.57. The molecule has 1 heterocycles. The fourth-order valence-electron chi connectivity index (χ4n) is 3.51. The van der Waals surface area contributed by atoms with E-state index >= 15 is 0 Å². The summed E-state index contributed by atoms with van der Waals surface area (Å²) in [5.41, 5.74) is -0.641. The maximum atomic E-state index is 12.4. The minimum atomic E-state index is -1.97. The molecule has 0 N–H and O–H groups in total. The second kappa shape index (κ2) is 7.41. The van der Waals surface area contributed by atoms with Crippen LogP contribution in [0.1, 0.15) is 75.2 Å². The van der Waals surface area contributed by atoms with E-state index in [1.165, 1.54) is 0 Å². The Kier molecular flexibility index (Phi) is 6.76. The van der Waals surface area contributed by atoms with Gasteiger partial charge >= 0.3 is 0 Å². The molecule has 0 spiro atoms. The summed E-state index contributed by atoms with van der Waals surface area (Å²) in [6, 6.07) is 0. The van der Waals surface area contributed by atoms with Gasteiger partial charge in [0.15, 0.2) is 14.1 Å². The minimum Gasteiger partial charge on any atom is -0.411 e. The zero-order chi connectivity index (χ0) is 19.8. The molecule has 0 aromatic carbocycles. The zero-order valence-corrected chi connectivity index (χ0v) is 19.3. The Hall–Kier alpha value is -0.233. The van der Waals surface area contributed by atoms with Crippen molar-refractivity contribution in [3.63, 3.8) is 0 Å². The molecule has 0 aromatic rings. The molecule has 0 unspecified atom stereocenters. The number of ketones is 1. The maximum absolute atomic E-state index is 12.4. The number of ether oxygens (including phenoxy) is 2. The van der Waals surface area contributed by atoms with Crippen LogP contribution in [0.2, 0.25) is 18.1 Å². The van der Waals surface area contributed by atoms with Gasteiger partial charge in [-0.25, -0.2) is 0 Å². The summed E-state index contributed by atoms with van der Waals surface area (Å²) in [7, 11) is -1.97. The topological polar surface area (TPSA) is 44.8 Å². The van der Waals surface area contributed by atoms with Crippen LogP contribution >= 0.6 is 0 Å². The van der Waals surface area contributed by atoms with E-state index in [0.717, 1.165) is 6.42 Å². The van der Waals surface area contributed by atoms with Gasteiger partial charge in [-0.1, -0.05) is 41.5 Å². The second-order valence-corrected chi connectivity index (χ2v) is 14.4. The lowest BCUT2D eigenvalue weighted by atomic mass is 9.82. The summed E-state index contributed by atoms with van der Waals surface area (Å²) in [5.74, 6) is -0.722. The van der Waals surface area contributed by atoms with Crippen LogP contribution in [0.4, 0.5) is 0 Å². The molecule has 5 heteroatoms. The van der Waals surface area contributed by atoms with Crippen LogP contribution in [0.25, 0.3) is 0 Å². The van der Waals surface area contributed by atoms with Crippen LogP contribution in [-0.4, -0.2) is 37.7 Å². The number of Topliss-reactive ketones (excluding diaryl/α,β-unsaturated/α-hetero) is 1. The number of rotatable bonds is 7. The highest BCUT2D eigenvalue weighted by Gasteiger charge is 2.58. The third kappa shape index (κ3) is 4.73. The highest BCUT2D eigenvalue weighted by molar-refractivity contribution is 6.74. The average Bonchev–Trinajstić information content (AvgIpc) is 2.72. The van der Waals surface area contributed by atoms with E-state index in [1.807, 2.05) is 27.7 Å².